The first kappa shape index (κ1) is 23.6. The number of aliphatic hydroxyl groups excluding tert-OH is 1. The number of nitrogens with one attached hydrogen (secondary N) is 1. The summed E-state index contributed by atoms with van der Waals surface area (Å²) in [5.41, 5.74) is 4.16. The third kappa shape index (κ3) is 6.43. The summed E-state index contributed by atoms with van der Waals surface area (Å²) < 4.78 is 36.9. The van der Waals surface area contributed by atoms with Crippen molar-refractivity contribution in [1.29, 1.82) is 0 Å². The second-order valence-electron chi connectivity index (χ2n) is 7.03. The van der Waals surface area contributed by atoms with Crippen LogP contribution in [-0.2, 0) is 4.79 Å². The molecular formula is C21H25F3N2O4. The van der Waals surface area contributed by atoms with Crippen molar-refractivity contribution >= 4 is 5.97 Å². The molecule has 1 aromatic carbocycles. The molecule has 0 spiro atoms. The maximum absolute atomic E-state index is 10.6. The van der Waals surface area contributed by atoms with Gasteiger partial charge >= 0.3 is 12.1 Å². The molecule has 0 bridgehead atoms. The van der Waals surface area contributed by atoms with E-state index in [1.54, 1.807) is 7.11 Å². The van der Waals surface area contributed by atoms with Crippen LogP contribution in [0.3, 0.4) is 0 Å². The predicted octanol–water partition coefficient (Wildman–Crippen LogP) is 3.73. The van der Waals surface area contributed by atoms with E-state index in [1.165, 1.54) is 0 Å². The van der Waals surface area contributed by atoms with Gasteiger partial charge in [-0.15, -0.1) is 0 Å². The molecule has 1 fully saturated rings. The van der Waals surface area contributed by atoms with E-state index in [-0.39, 0.29) is 0 Å². The number of aryl methyl sites for hydroxylation is 1. The van der Waals surface area contributed by atoms with Crippen molar-refractivity contribution in [2.75, 3.05) is 20.2 Å². The number of rotatable bonds is 4. The van der Waals surface area contributed by atoms with E-state index in [0.717, 1.165) is 48.2 Å². The SMILES string of the molecule is COc1ncc(-c2ccc(C(O)C3CCCNC3)cc2)cc1C.O=C(O)C(F)(F)F. The van der Waals surface area contributed by atoms with E-state index >= 15 is 0 Å². The van der Waals surface area contributed by atoms with Gasteiger partial charge in [0.1, 0.15) is 0 Å². The minimum atomic E-state index is -5.08. The smallest absolute Gasteiger partial charge is 0.481 e. The zero-order valence-corrected chi connectivity index (χ0v) is 16.7. The minimum absolute atomic E-state index is 0.305. The van der Waals surface area contributed by atoms with Crippen LogP contribution >= 0.6 is 0 Å². The van der Waals surface area contributed by atoms with Gasteiger partial charge in [0.05, 0.1) is 13.2 Å². The minimum Gasteiger partial charge on any atom is -0.481 e. The molecule has 0 radical (unpaired) electrons. The Labute approximate surface area is 172 Å². The Kier molecular flexibility index (Phi) is 8.19. The number of hydrogen-bond donors (Lipinski definition) is 3. The standard InChI is InChI=1S/C19H24N2O2.C2HF3O2/c1-13-10-17(12-21-19(13)23-2)14-5-7-15(8-6-14)18(22)16-4-3-9-20-11-16;3-2(4,5)1(6)7/h5-8,10,12,16,18,20,22H,3-4,9,11H2,1-2H3;(H,6,7). The number of aliphatic carboxylic acids is 1. The van der Waals surface area contributed by atoms with E-state index in [1.807, 2.05) is 25.3 Å². The molecule has 3 rings (SSSR count). The lowest BCUT2D eigenvalue weighted by molar-refractivity contribution is -0.192. The first-order chi connectivity index (χ1) is 14.1. The van der Waals surface area contributed by atoms with Gasteiger partial charge in [0.15, 0.2) is 0 Å². The fourth-order valence-corrected chi connectivity index (χ4v) is 3.23. The number of pyridine rings is 1. The average Bonchev–Trinajstić information content (AvgIpc) is 2.73. The zero-order chi connectivity index (χ0) is 22.3. The Bertz CT molecular complexity index is 835. The van der Waals surface area contributed by atoms with Crippen molar-refractivity contribution in [2.24, 2.45) is 5.92 Å². The molecule has 164 valence electrons. The van der Waals surface area contributed by atoms with Crippen LogP contribution in [-0.4, -0.2) is 47.5 Å². The number of aliphatic hydroxyl groups is 1. The lowest BCUT2D eigenvalue weighted by atomic mass is 9.89. The lowest BCUT2D eigenvalue weighted by Gasteiger charge is -2.27. The first-order valence-corrected chi connectivity index (χ1v) is 9.43. The van der Waals surface area contributed by atoms with Gasteiger partial charge in [-0.1, -0.05) is 24.3 Å². The van der Waals surface area contributed by atoms with Gasteiger partial charge < -0.3 is 20.3 Å². The fourth-order valence-electron chi connectivity index (χ4n) is 3.23. The molecule has 0 aliphatic carbocycles. The van der Waals surface area contributed by atoms with Crippen LogP contribution in [0.1, 0.15) is 30.1 Å². The molecule has 30 heavy (non-hydrogen) atoms. The molecule has 1 aliphatic heterocycles. The number of carbonyl (C=O) groups is 1. The monoisotopic (exact) mass is 426 g/mol. The summed E-state index contributed by atoms with van der Waals surface area (Å²) in [6.07, 6.45) is -1.44. The maximum atomic E-state index is 10.6. The van der Waals surface area contributed by atoms with Crippen molar-refractivity contribution < 1.29 is 32.9 Å². The molecule has 2 heterocycles. The van der Waals surface area contributed by atoms with E-state index in [4.69, 9.17) is 14.6 Å². The molecule has 1 aliphatic rings. The molecule has 0 amide bonds. The summed E-state index contributed by atoms with van der Waals surface area (Å²) in [6, 6.07) is 10.2. The van der Waals surface area contributed by atoms with Crippen molar-refractivity contribution in [3.8, 4) is 17.0 Å². The van der Waals surface area contributed by atoms with E-state index in [9.17, 15) is 18.3 Å². The molecule has 1 saturated heterocycles. The van der Waals surface area contributed by atoms with Crippen molar-refractivity contribution in [2.45, 2.75) is 32.0 Å². The largest absolute Gasteiger partial charge is 0.490 e. The van der Waals surface area contributed by atoms with E-state index in [0.29, 0.717) is 11.8 Å². The summed E-state index contributed by atoms with van der Waals surface area (Å²) >= 11 is 0. The van der Waals surface area contributed by atoms with Gasteiger partial charge in [-0.2, -0.15) is 13.2 Å². The van der Waals surface area contributed by atoms with Crippen LogP contribution in [0.5, 0.6) is 5.88 Å². The number of alkyl halides is 3. The number of ether oxygens (including phenoxy) is 1. The van der Waals surface area contributed by atoms with Crippen LogP contribution in [0, 0.1) is 12.8 Å². The second kappa shape index (κ2) is 10.4. The fraction of sp³-hybridized carbons (Fsp3) is 0.429. The topological polar surface area (TPSA) is 91.7 Å². The molecule has 0 saturated carbocycles. The molecule has 2 aromatic rings. The molecule has 6 nitrogen and oxygen atoms in total. The summed E-state index contributed by atoms with van der Waals surface area (Å²) in [4.78, 5) is 13.2. The van der Waals surface area contributed by atoms with Gasteiger partial charge in [0, 0.05) is 29.8 Å². The highest BCUT2D eigenvalue weighted by Crippen LogP contribution is 2.29. The summed E-state index contributed by atoms with van der Waals surface area (Å²) in [5, 5.41) is 21.0. The van der Waals surface area contributed by atoms with Crippen molar-refractivity contribution in [3.05, 3.63) is 47.7 Å². The summed E-state index contributed by atoms with van der Waals surface area (Å²) in [7, 11) is 1.63. The number of aromatic nitrogens is 1. The van der Waals surface area contributed by atoms with Crippen LogP contribution < -0.4 is 10.1 Å². The van der Waals surface area contributed by atoms with E-state index < -0.39 is 18.2 Å². The first-order valence-electron chi connectivity index (χ1n) is 9.43. The Hall–Kier alpha value is -2.65. The van der Waals surface area contributed by atoms with Crippen LogP contribution in [0.15, 0.2) is 36.5 Å². The number of methoxy groups -OCH3 is 1. The number of piperidine rings is 1. The number of carboxylic acid groups (broad SMARTS) is 1. The van der Waals surface area contributed by atoms with Gasteiger partial charge in [-0.05, 0) is 43.5 Å². The molecule has 9 heteroatoms. The van der Waals surface area contributed by atoms with Gasteiger partial charge in [-0.25, -0.2) is 9.78 Å². The van der Waals surface area contributed by atoms with E-state index in [2.05, 4.69) is 28.5 Å². The van der Waals surface area contributed by atoms with Gasteiger partial charge in [0.25, 0.3) is 0 Å². The maximum Gasteiger partial charge on any atom is 0.490 e. The quantitative estimate of drug-likeness (QED) is 0.690. The Morgan fingerprint density at radius 3 is 2.37 bits per heavy atom. The predicted molar refractivity (Wildman–Crippen MR) is 105 cm³/mol. The normalized spacial score (nSPS) is 17.5. The Morgan fingerprint density at radius 1 is 1.27 bits per heavy atom. The third-order valence-corrected chi connectivity index (χ3v) is 4.83. The second-order valence-corrected chi connectivity index (χ2v) is 7.03. The van der Waals surface area contributed by atoms with Gasteiger partial charge in [-0.3, -0.25) is 0 Å². The third-order valence-electron chi connectivity index (χ3n) is 4.83. The highest BCUT2D eigenvalue weighted by atomic mass is 19.4. The summed E-state index contributed by atoms with van der Waals surface area (Å²) in [5.74, 6) is -1.79. The highest BCUT2D eigenvalue weighted by Gasteiger charge is 2.38. The summed E-state index contributed by atoms with van der Waals surface area (Å²) in [6.45, 7) is 3.94. The van der Waals surface area contributed by atoms with Crippen molar-refractivity contribution in [3.63, 3.8) is 0 Å². The zero-order valence-electron chi connectivity index (χ0n) is 16.7. The molecule has 3 N–H and O–H groups in total. The number of nitrogens with zero attached hydrogens (tertiary/aromatic N) is 1. The average molecular weight is 426 g/mol. The Balaban J connectivity index is 0.000000396. The van der Waals surface area contributed by atoms with Crippen LogP contribution in [0.4, 0.5) is 13.2 Å². The Morgan fingerprint density at radius 2 is 1.90 bits per heavy atom. The lowest BCUT2D eigenvalue weighted by Crippen LogP contribution is -2.33. The highest BCUT2D eigenvalue weighted by molar-refractivity contribution is 5.73. The molecular weight excluding hydrogens is 401 g/mol. The van der Waals surface area contributed by atoms with Gasteiger partial charge in [0.2, 0.25) is 5.88 Å². The number of halogens is 3. The number of benzene rings is 1. The molecule has 2 unspecified atom stereocenters. The number of carboxylic acids is 1. The number of hydrogen-bond acceptors (Lipinski definition) is 5. The molecule has 2 atom stereocenters. The van der Waals surface area contributed by atoms with Crippen LogP contribution in [0.2, 0.25) is 0 Å². The van der Waals surface area contributed by atoms with Crippen LogP contribution in [0.25, 0.3) is 11.1 Å². The molecule has 1 aromatic heterocycles. The van der Waals surface area contributed by atoms with Crippen molar-refractivity contribution in [1.82, 2.24) is 10.3 Å².